The summed E-state index contributed by atoms with van der Waals surface area (Å²) in [4.78, 5) is 19.4. The van der Waals surface area contributed by atoms with Crippen LogP contribution in [0.3, 0.4) is 0 Å². The number of fused-ring (bicyclic) bond motifs is 1. The van der Waals surface area contributed by atoms with E-state index >= 15 is 0 Å². The summed E-state index contributed by atoms with van der Waals surface area (Å²) in [6.45, 7) is 11.0. The Hall–Kier alpha value is -3.19. The molecule has 0 aliphatic carbocycles. The molecule has 1 amide bonds. The molecule has 164 valence electrons. The van der Waals surface area contributed by atoms with E-state index in [2.05, 4.69) is 40.3 Å². The fourth-order valence-corrected chi connectivity index (χ4v) is 3.60. The predicted molar refractivity (Wildman–Crippen MR) is 124 cm³/mol. The number of aromatic nitrogens is 2. The van der Waals surface area contributed by atoms with Crippen molar-refractivity contribution in [2.24, 2.45) is 5.10 Å². The Kier molecular flexibility index (Phi) is 7.41. The van der Waals surface area contributed by atoms with Crippen LogP contribution in [0.25, 0.3) is 11.0 Å². The van der Waals surface area contributed by atoms with Gasteiger partial charge in [0.05, 0.1) is 23.9 Å². The minimum atomic E-state index is -0.192. The molecule has 0 aliphatic rings. The van der Waals surface area contributed by atoms with Crippen LogP contribution in [0.4, 0.5) is 0 Å². The number of rotatable bonds is 9. The monoisotopic (exact) mass is 421 g/mol. The van der Waals surface area contributed by atoms with Crippen molar-refractivity contribution in [1.29, 1.82) is 0 Å². The van der Waals surface area contributed by atoms with Crippen molar-refractivity contribution in [1.82, 2.24) is 19.9 Å². The van der Waals surface area contributed by atoms with Gasteiger partial charge in [-0.1, -0.05) is 26.0 Å². The van der Waals surface area contributed by atoms with E-state index in [9.17, 15) is 4.79 Å². The molecule has 0 aliphatic heterocycles. The molecule has 0 saturated carbocycles. The molecule has 3 rings (SSSR count). The number of benzene rings is 2. The summed E-state index contributed by atoms with van der Waals surface area (Å²) in [6.07, 6.45) is 0. The van der Waals surface area contributed by atoms with Gasteiger partial charge in [0.15, 0.2) is 0 Å². The minimum Gasteiger partial charge on any atom is -0.496 e. The fourth-order valence-electron chi connectivity index (χ4n) is 3.60. The summed E-state index contributed by atoms with van der Waals surface area (Å²) in [6, 6.07) is 13.8. The molecule has 0 radical (unpaired) electrons. The van der Waals surface area contributed by atoms with Crippen molar-refractivity contribution < 1.29 is 9.53 Å². The van der Waals surface area contributed by atoms with Crippen LogP contribution in [0, 0.1) is 6.92 Å². The third-order valence-corrected chi connectivity index (χ3v) is 5.48. The molecule has 1 N–H and O–H groups in total. The Morgan fingerprint density at radius 3 is 2.65 bits per heavy atom. The molecule has 0 fully saturated rings. The number of methoxy groups -OCH3 is 1. The number of hydrogen-bond acceptors (Lipinski definition) is 5. The zero-order valence-corrected chi connectivity index (χ0v) is 19.0. The lowest BCUT2D eigenvalue weighted by Crippen LogP contribution is -2.25. The minimum absolute atomic E-state index is 0.166. The molecule has 2 aromatic carbocycles. The number of nitrogens with one attached hydrogen (secondary N) is 1. The van der Waals surface area contributed by atoms with Crippen LogP contribution < -0.4 is 10.2 Å². The first-order chi connectivity index (χ1) is 15.0. The summed E-state index contributed by atoms with van der Waals surface area (Å²) < 4.78 is 7.42. The molecule has 7 heteroatoms. The summed E-state index contributed by atoms with van der Waals surface area (Å²) >= 11 is 0. The number of imidazole rings is 1. The molecule has 7 nitrogen and oxygen atoms in total. The second-order valence-corrected chi connectivity index (χ2v) is 7.45. The van der Waals surface area contributed by atoms with Crippen molar-refractivity contribution >= 4 is 22.7 Å². The highest BCUT2D eigenvalue weighted by atomic mass is 16.5. The van der Waals surface area contributed by atoms with Gasteiger partial charge in [-0.05, 0) is 62.8 Å². The van der Waals surface area contributed by atoms with Crippen LogP contribution in [-0.4, -0.2) is 46.3 Å². The van der Waals surface area contributed by atoms with Gasteiger partial charge in [0.2, 0.25) is 0 Å². The summed E-state index contributed by atoms with van der Waals surface area (Å²) in [7, 11) is 1.68. The zero-order valence-electron chi connectivity index (χ0n) is 19.0. The van der Waals surface area contributed by atoms with Gasteiger partial charge in [-0.25, -0.2) is 10.4 Å². The average molecular weight is 422 g/mol. The Morgan fingerprint density at radius 2 is 1.94 bits per heavy atom. The molecule has 0 unspecified atom stereocenters. The highest BCUT2D eigenvalue weighted by Gasteiger charge is 2.12. The van der Waals surface area contributed by atoms with E-state index in [0.717, 1.165) is 59.1 Å². The third kappa shape index (κ3) is 5.30. The molecule has 3 aromatic rings. The lowest BCUT2D eigenvalue weighted by molar-refractivity contribution is -0.121. The molecule has 0 bridgehead atoms. The van der Waals surface area contributed by atoms with Gasteiger partial charge in [0.1, 0.15) is 18.1 Å². The maximum atomic E-state index is 12.5. The smallest absolute Gasteiger partial charge is 0.260 e. The van der Waals surface area contributed by atoms with Gasteiger partial charge in [0.25, 0.3) is 5.91 Å². The first-order valence-corrected chi connectivity index (χ1v) is 10.6. The summed E-state index contributed by atoms with van der Waals surface area (Å²) in [5.74, 6) is 1.46. The molecule has 0 atom stereocenters. The van der Waals surface area contributed by atoms with Gasteiger partial charge in [-0.15, -0.1) is 0 Å². The molecule has 31 heavy (non-hydrogen) atoms. The van der Waals surface area contributed by atoms with Crippen molar-refractivity contribution in [3.8, 4) is 5.75 Å². The number of aryl methyl sites for hydroxylation is 1. The maximum absolute atomic E-state index is 12.5. The van der Waals surface area contributed by atoms with Crippen LogP contribution in [0.1, 0.15) is 37.7 Å². The topological polar surface area (TPSA) is 71.8 Å². The van der Waals surface area contributed by atoms with Gasteiger partial charge >= 0.3 is 0 Å². The van der Waals surface area contributed by atoms with E-state index in [-0.39, 0.29) is 12.5 Å². The maximum Gasteiger partial charge on any atom is 0.260 e. The number of hydrazone groups is 1. The van der Waals surface area contributed by atoms with Crippen molar-refractivity contribution in [2.45, 2.75) is 40.8 Å². The van der Waals surface area contributed by atoms with E-state index in [1.807, 2.05) is 54.8 Å². The van der Waals surface area contributed by atoms with Crippen LogP contribution in [0.5, 0.6) is 5.75 Å². The molecular formula is C24H31N5O2. The lowest BCUT2D eigenvalue weighted by Gasteiger charge is -2.20. The van der Waals surface area contributed by atoms with Gasteiger partial charge in [-0.2, -0.15) is 5.10 Å². The second-order valence-electron chi connectivity index (χ2n) is 7.45. The lowest BCUT2D eigenvalue weighted by atomic mass is 10.1. The average Bonchev–Trinajstić information content (AvgIpc) is 3.10. The first kappa shape index (κ1) is 22.5. The first-order valence-electron chi connectivity index (χ1n) is 10.6. The Bertz CT molecular complexity index is 1080. The molecular weight excluding hydrogens is 390 g/mol. The standard InChI is InChI=1S/C24H31N5O2/c1-6-28(7-2)15-20-14-19(12-13-23(20)31-5)17(3)26-27-24(30)16-29-18(4)25-21-10-8-9-11-22(21)29/h8-14H,6-7,15-16H2,1-5H3,(H,27,30)/b26-17-. The predicted octanol–water partition coefficient (Wildman–Crippen LogP) is 3.74. The van der Waals surface area contributed by atoms with Crippen molar-refractivity contribution in [3.05, 3.63) is 59.4 Å². The number of carbonyl (C=O) groups excluding carboxylic acids is 1. The third-order valence-electron chi connectivity index (χ3n) is 5.48. The van der Waals surface area contributed by atoms with Crippen LogP contribution in [0.2, 0.25) is 0 Å². The van der Waals surface area contributed by atoms with Gasteiger partial charge in [0, 0.05) is 12.1 Å². The fraction of sp³-hybridized carbons (Fsp3) is 0.375. The van der Waals surface area contributed by atoms with E-state index in [1.165, 1.54) is 0 Å². The largest absolute Gasteiger partial charge is 0.496 e. The SMILES string of the molecule is CCN(CC)Cc1cc(/C(C)=N\NC(=O)Cn2c(C)nc3ccccc32)ccc1OC. The van der Waals surface area contributed by atoms with Crippen LogP contribution in [-0.2, 0) is 17.9 Å². The normalized spacial score (nSPS) is 11.9. The Labute approximate surface area is 183 Å². The van der Waals surface area contributed by atoms with E-state index in [0.29, 0.717) is 0 Å². The zero-order chi connectivity index (χ0) is 22.4. The van der Waals surface area contributed by atoms with Crippen molar-refractivity contribution in [2.75, 3.05) is 20.2 Å². The number of carbonyl (C=O) groups is 1. The highest BCUT2D eigenvalue weighted by molar-refractivity contribution is 5.99. The number of hydrogen-bond donors (Lipinski definition) is 1. The van der Waals surface area contributed by atoms with Gasteiger partial charge in [-0.3, -0.25) is 9.69 Å². The quantitative estimate of drug-likeness (QED) is 0.422. The number of nitrogens with zero attached hydrogens (tertiary/aromatic N) is 4. The number of para-hydroxylation sites is 2. The number of amides is 1. The highest BCUT2D eigenvalue weighted by Crippen LogP contribution is 2.22. The molecule has 0 saturated heterocycles. The van der Waals surface area contributed by atoms with Gasteiger partial charge < -0.3 is 9.30 Å². The number of ether oxygens (including phenoxy) is 1. The van der Waals surface area contributed by atoms with E-state index in [1.54, 1.807) is 7.11 Å². The Morgan fingerprint density at radius 1 is 1.19 bits per heavy atom. The second kappa shape index (κ2) is 10.2. The van der Waals surface area contributed by atoms with Crippen LogP contribution >= 0.6 is 0 Å². The molecule has 1 aromatic heterocycles. The van der Waals surface area contributed by atoms with Crippen molar-refractivity contribution in [3.63, 3.8) is 0 Å². The van der Waals surface area contributed by atoms with E-state index in [4.69, 9.17) is 4.74 Å². The summed E-state index contributed by atoms with van der Waals surface area (Å²) in [5.41, 5.74) is 7.29. The molecule has 1 heterocycles. The van der Waals surface area contributed by atoms with Crippen LogP contribution in [0.15, 0.2) is 47.6 Å². The van der Waals surface area contributed by atoms with E-state index < -0.39 is 0 Å². The summed E-state index contributed by atoms with van der Waals surface area (Å²) in [5, 5.41) is 4.33. The Balaban J connectivity index is 1.73. The molecule has 0 spiro atoms.